The molecule has 1 fully saturated rings. The normalized spacial score (nSPS) is 24.5. The Hall–Kier alpha value is -1.02. The lowest BCUT2D eigenvalue weighted by atomic mass is 9.94. The first-order chi connectivity index (χ1) is 9.29. The lowest BCUT2D eigenvalue weighted by molar-refractivity contribution is 0.128. The fraction of sp³-hybridized carbons (Fsp3) is 0.647. The summed E-state index contributed by atoms with van der Waals surface area (Å²) in [5.41, 5.74) is 1.29. The van der Waals surface area contributed by atoms with Crippen LogP contribution < -0.4 is 10.1 Å². The molecule has 1 aromatic carbocycles. The molecule has 1 aliphatic carbocycles. The van der Waals surface area contributed by atoms with Crippen molar-refractivity contribution in [2.45, 2.75) is 64.5 Å². The van der Waals surface area contributed by atoms with Crippen molar-refractivity contribution in [3.05, 3.63) is 29.8 Å². The lowest BCUT2D eigenvalue weighted by Gasteiger charge is -2.30. The van der Waals surface area contributed by atoms with Crippen LogP contribution in [0.3, 0.4) is 0 Å². The molecular weight excluding hydrogens is 234 g/mol. The van der Waals surface area contributed by atoms with E-state index >= 15 is 0 Å². The van der Waals surface area contributed by atoms with Gasteiger partial charge in [0.05, 0.1) is 0 Å². The Morgan fingerprint density at radius 3 is 2.42 bits per heavy atom. The maximum atomic E-state index is 6.25. The average Bonchev–Trinajstić information content (AvgIpc) is 2.39. The van der Waals surface area contributed by atoms with Crippen LogP contribution in [0.5, 0.6) is 5.75 Å². The molecule has 2 unspecified atom stereocenters. The zero-order valence-corrected chi connectivity index (χ0v) is 12.3. The number of likely N-dealkylation sites (N-methyl/N-ethyl adjacent to an activating group) is 1. The van der Waals surface area contributed by atoms with Crippen LogP contribution in [-0.4, -0.2) is 18.7 Å². The van der Waals surface area contributed by atoms with E-state index in [1.54, 1.807) is 0 Å². The van der Waals surface area contributed by atoms with Crippen molar-refractivity contribution >= 4 is 0 Å². The summed E-state index contributed by atoms with van der Waals surface area (Å²) in [4.78, 5) is 0. The number of aryl methyl sites for hydroxylation is 1. The van der Waals surface area contributed by atoms with E-state index in [1.807, 2.05) is 0 Å². The molecule has 2 heteroatoms. The predicted molar refractivity (Wildman–Crippen MR) is 80.8 cm³/mol. The molecule has 106 valence electrons. The van der Waals surface area contributed by atoms with Crippen molar-refractivity contribution in [1.29, 1.82) is 0 Å². The van der Waals surface area contributed by atoms with Crippen molar-refractivity contribution in [3.8, 4) is 5.75 Å². The van der Waals surface area contributed by atoms with E-state index in [1.165, 1.54) is 44.1 Å². The zero-order valence-electron chi connectivity index (χ0n) is 12.3. The van der Waals surface area contributed by atoms with Crippen LogP contribution in [0, 0.1) is 6.92 Å². The van der Waals surface area contributed by atoms with Gasteiger partial charge in [-0.05, 0) is 44.9 Å². The minimum Gasteiger partial charge on any atom is -0.489 e. The smallest absolute Gasteiger partial charge is 0.119 e. The first kappa shape index (κ1) is 14.4. The molecule has 2 rings (SSSR count). The molecule has 2 atom stereocenters. The SMILES string of the molecule is CCNC1CCCCCCC1Oc1ccc(C)cc1. The van der Waals surface area contributed by atoms with E-state index in [-0.39, 0.29) is 0 Å². The molecule has 0 aromatic heterocycles. The van der Waals surface area contributed by atoms with Crippen LogP contribution in [-0.2, 0) is 0 Å². The molecule has 1 saturated carbocycles. The summed E-state index contributed by atoms with van der Waals surface area (Å²) >= 11 is 0. The van der Waals surface area contributed by atoms with Gasteiger partial charge in [-0.15, -0.1) is 0 Å². The van der Waals surface area contributed by atoms with Gasteiger partial charge in [0, 0.05) is 6.04 Å². The molecule has 0 heterocycles. The highest BCUT2D eigenvalue weighted by atomic mass is 16.5. The van der Waals surface area contributed by atoms with Gasteiger partial charge >= 0.3 is 0 Å². The number of ether oxygens (including phenoxy) is 1. The molecule has 0 amide bonds. The third-order valence-corrected chi connectivity index (χ3v) is 3.98. The summed E-state index contributed by atoms with van der Waals surface area (Å²) in [6.07, 6.45) is 8.08. The Balaban J connectivity index is 2.01. The van der Waals surface area contributed by atoms with Crippen LogP contribution in [0.4, 0.5) is 0 Å². The van der Waals surface area contributed by atoms with Gasteiger partial charge in [-0.2, -0.15) is 0 Å². The zero-order chi connectivity index (χ0) is 13.5. The van der Waals surface area contributed by atoms with Gasteiger partial charge < -0.3 is 10.1 Å². The van der Waals surface area contributed by atoms with Crippen molar-refractivity contribution in [2.75, 3.05) is 6.54 Å². The summed E-state index contributed by atoms with van der Waals surface area (Å²) in [5, 5.41) is 3.61. The largest absolute Gasteiger partial charge is 0.489 e. The second kappa shape index (κ2) is 7.54. The van der Waals surface area contributed by atoms with Crippen molar-refractivity contribution in [1.82, 2.24) is 5.32 Å². The molecule has 0 aliphatic heterocycles. The van der Waals surface area contributed by atoms with Crippen molar-refractivity contribution < 1.29 is 4.74 Å². The maximum absolute atomic E-state index is 6.25. The fourth-order valence-electron chi connectivity index (χ4n) is 2.88. The monoisotopic (exact) mass is 261 g/mol. The third kappa shape index (κ3) is 4.54. The first-order valence-corrected chi connectivity index (χ1v) is 7.76. The Labute approximate surface area is 117 Å². The van der Waals surface area contributed by atoms with Gasteiger partial charge in [-0.1, -0.05) is 43.9 Å². The minimum atomic E-state index is 0.322. The summed E-state index contributed by atoms with van der Waals surface area (Å²) < 4.78 is 6.25. The Morgan fingerprint density at radius 1 is 1.05 bits per heavy atom. The number of benzene rings is 1. The molecule has 1 aromatic rings. The first-order valence-electron chi connectivity index (χ1n) is 7.76. The van der Waals surface area contributed by atoms with Gasteiger partial charge in [0.15, 0.2) is 0 Å². The van der Waals surface area contributed by atoms with Gasteiger partial charge in [-0.25, -0.2) is 0 Å². The van der Waals surface area contributed by atoms with Crippen LogP contribution in [0.1, 0.15) is 51.0 Å². The molecule has 0 saturated heterocycles. The van der Waals surface area contributed by atoms with Crippen molar-refractivity contribution in [2.24, 2.45) is 0 Å². The molecule has 1 N–H and O–H groups in total. The summed E-state index contributed by atoms with van der Waals surface area (Å²) in [6, 6.07) is 8.95. The molecule has 2 nitrogen and oxygen atoms in total. The minimum absolute atomic E-state index is 0.322. The predicted octanol–water partition coefficient (Wildman–Crippen LogP) is 4.07. The van der Waals surface area contributed by atoms with E-state index in [4.69, 9.17) is 4.74 Å². The second-order valence-corrected chi connectivity index (χ2v) is 5.63. The standard InChI is InChI=1S/C17H27NO/c1-3-18-16-8-6-4-5-7-9-17(16)19-15-12-10-14(2)11-13-15/h10-13,16-18H,3-9H2,1-2H3. The van der Waals surface area contributed by atoms with Crippen molar-refractivity contribution in [3.63, 3.8) is 0 Å². The quantitative estimate of drug-likeness (QED) is 0.882. The number of rotatable bonds is 4. The van der Waals surface area contributed by atoms with E-state index in [9.17, 15) is 0 Å². The number of hydrogen-bond donors (Lipinski definition) is 1. The van der Waals surface area contributed by atoms with E-state index in [2.05, 4.69) is 43.4 Å². The Bertz CT molecular complexity index is 360. The lowest BCUT2D eigenvalue weighted by Crippen LogP contribution is -2.43. The third-order valence-electron chi connectivity index (χ3n) is 3.98. The molecule has 19 heavy (non-hydrogen) atoms. The van der Waals surface area contributed by atoms with E-state index in [0.29, 0.717) is 12.1 Å². The second-order valence-electron chi connectivity index (χ2n) is 5.63. The van der Waals surface area contributed by atoms with Crippen LogP contribution in [0.2, 0.25) is 0 Å². The maximum Gasteiger partial charge on any atom is 0.119 e. The Kier molecular flexibility index (Phi) is 5.71. The average molecular weight is 261 g/mol. The molecule has 0 bridgehead atoms. The van der Waals surface area contributed by atoms with E-state index < -0.39 is 0 Å². The van der Waals surface area contributed by atoms with Gasteiger partial charge in [0.2, 0.25) is 0 Å². The topological polar surface area (TPSA) is 21.3 Å². The fourth-order valence-corrected chi connectivity index (χ4v) is 2.88. The molecular formula is C17H27NO. The van der Waals surface area contributed by atoms with E-state index in [0.717, 1.165) is 12.3 Å². The van der Waals surface area contributed by atoms with Gasteiger partial charge in [0.25, 0.3) is 0 Å². The van der Waals surface area contributed by atoms with Crippen LogP contribution >= 0.6 is 0 Å². The Morgan fingerprint density at radius 2 is 1.74 bits per heavy atom. The summed E-state index contributed by atoms with van der Waals surface area (Å²) in [6.45, 7) is 5.32. The molecule has 1 aliphatic rings. The van der Waals surface area contributed by atoms with Gasteiger partial charge in [0.1, 0.15) is 11.9 Å². The molecule has 0 radical (unpaired) electrons. The van der Waals surface area contributed by atoms with Crippen LogP contribution in [0.15, 0.2) is 24.3 Å². The molecule has 0 spiro atoms. The summed E-state index contributed by atoms with van der Waals surface area (Å²) in [7, 11) is 0. The number of nitrogens with one attached hydrogen (secondary N) is 1. The highest BCUT2D eigenvalue weighted by Crippen LogP contribution is 2.23. The highest BCUT2D eigenvalue weighted by molar-refractivity contribution is 5.26. The summed E-state index contributed by atoms with van der Waals surface area (Å²) in [5.74, 6) is 1.01. The number of hydrogen-bond acceptors (Lipinski definition) is 2. The van der Waals surface area contributed by atoms with Gasteiger partial charge in [-0.3, -0.25) is 0 Å². The highest BCUT2D eigenvalue weighted by Gasteiger charge is 2.23. The van der Waals surface area contributed by atoms with Crippen LogP contribution in [0.25, 0.3) is 0 Å².